The first-order valence-electron chi connectivity index (χ1n) is 8.33. The number of thioether (sulfide) groups is 1. The highest BCUT2D eigenvalue weighted by Crippen LogP contribution is 2.29. The summed E-state index contributed by atoms with van der Waals surface area (Å²) in [5, 5.41) is 5.30. The highest BCUT2D eigenvalue weighted by Gasteiger charge is 2.21. The molecule has 2 amide bonds. The van der Waals surface area contributed by atoms with Crippen LogP contribution >= 0.6 is 23.1 Å². The Morgan fingerprint density at radius 3 is 2.81 bits per heavy atom. The second-order valence-electron chi connectivity index (χ2n) is 6.08. The minimum absolute atomic E-state index is 0.208. The van der Waals surface area contributed by atoms with Crippen molar-refractivity contribution >= 4 is 39.9 Å². The number of benzene rings is 1. The molecule has 0 aliphatic rings. The molecule has 3 aromatic rings. The van der Waals surface area contributed by atoms with Crippen LogP contribution in [0.5, 0.6) is 0 Å². The van der Waals surface area contributed by atoms with E-state index in [1.807, 2.05) is 22.9 Å². The fourth-order valence-corrected chi connectivity index (χ4v) is 4.25. The van der Waals surface area contributed by atoms with Crippen molar-refractivity contribution in [1.29, 1.82) is 0 Å². The monoisotopic (exact) mass is 400 g/mol. The van der Waals surface area contributed by atoms with E-state index in [0.29, 0.717) is 10.6 Å². The van der Waals surface area contributed by atoms with Crippen molar-refractivity contribution in [3.8, 4) is 5.69 Å². The lowest BCUT2D eigenvalue weighted by Crippen LogP contribution is -2.24. The Balaban J connectivity index is 1.77. The maximum atomic E-state index is 12.6. The lowest BCUT2D eigenvalue weighted by atomic mass is 10.1. The molecule has 0 bridgehead atoms. The minimum atomic E-state index is -0.558. The van der Waals surface area contributed by atoms with E-state index >= 15 is 0 Å². The standard InChI is InChI=1S/C19H20N4O2S2/c1-11-5-4-6-15(12(11)2)23-9-8-21-19(23)27-13(3)17(25)22-18-14(16(20)24)7-10-26-18/h4-10,13H,1-3H3,(H2,20,24)(H,22,25). The number of nitrogens with one attached hydrogen (secondary N) is 1. The van der Waals surface area contributed by atoms with E-state index in [1.54, 1.807) is 24.6 Å². The zero-order valence-corrected chi connectivity index (χ0v) is 16.9. The van der Waals surface area contributed by atoms with Crippen molar-refractivity contribution in [2.45, 2.75) is 31.2 Å². The summed E-state index contributed by atoms with van der Waals surface area (Å²) >= 11 is 2.63. The lowest BCUT2D eigenvalue weighted by molar-refractivity contribution is -0.115. The Morgan fingerprint density at radius 1 is 1.30 bits per heavy atom. The van der Waals surface area contributed by atoms with Crippen LogP contribution in [0.3, 0.4) is 0 Å². The van der Waals surface area contributed by atoms with Gasteiger partial charge in [-0.05, 0) is 49.4 Å². The zero-order chi connectivity index (χ0) is 19.6. The number of nitrogens with zero attached hydrogens (tertiary/aromatic N) is 2. The van der Waals surface area contributed by atoms with Crippen LogP contribution < -0.4 is 11.1 Å². The molecule has 0 saturated carbocycles. The molecule has 0 aliphatic heterocycles. The molecule has 0 saturated heterocycles. The highest BCUT2D eigenvalue weighted by atomic mass is 32.2. The summed E-state index contributed by atoms with van der Waals surface area (Å²) in [7, 11) is 0. The fraction of sp³-hybridized carbons (Fsp3) is 0.211. The third kappa shape index (κ3) is 4.06. The van der Waals surface area contributed by atoms with Gasteiger partial charge in [0.1, 0.15) is 5.00 Å². The van der Waals surface area contributed by atoms with E-state index < -0.39 is 11.2 Å². The fourth-order valence-electron chi connectivity index (χ4n) is 2.58. The van der Waals surface area contributed by atoms with Gasteiger partial charge >= 0.3 is 0 Å². The Hall–Kier alpha value is -2.58. The molecule has 140 valence electrons. The van der Waals surface area contributed by atoms with E-state index in [2.05, 4.69) is 30.2 Å². The molecule has 2 aromatic heterocycles. The Labute approximate surface area is 165 Å². The van der Waals surface area contributed by atoms with Crippen molar-refractivity contribution in [3.63, 3.8) is 0 Å². The van der Waals surface area contributed by atoms with Crippen LogP contribution in [0.2, 0.25) is 0 Å². The number of nitrogens with two attached hydrogens (primary N) is 1. The Kier molecular flexibility index (Phi) is 5.67. The number of amides is 2. The first-order chi connectivity index (χ1) is 12.9. The van der Waals surface area contributed by atoms with E-state index in [9.17, 15) is 9.59 Å². The first kappa shape index (κ1) is 19.2. The van der Waals surface area contributed by atoms with Gasteiger partial charge in [0.25, 0.3) is 5.91 Å². The van der Waals surface area contributed by atoms with Gasteiger partial charge in [-0.2, -0.15) is 0 Å². The predicted molar refractivity (Wildman–Crippen MR) is 110 cm³/mol. The zero-order valence-electron chi connectivity index (χ0n) is 15.2. The summed E-state index contributed by atoms with van der Waals surface area (Å²) < 4.78 is 1.98. The molecule has 3 N–H and O–H groups in total. The molecule has 6 nitrogen and oxygen atoms in total. The molecule has 0 fully saturated rings. The van der Waals surface area contributed by atoms with Crippen LogP contribution in [0, 0.1) is 13.8 Å². The van der Waals surface area contributed by atoms with Crippen molar-refractivity contribution in [3.05, 3.63) is 58.7 Å². The summed E-state index contributed by atoms with van der Waals surface area (Å²) in [6, 6.07) is 7.71. The van der Waals surface area contributed by atoms with Crippen LogP contribution in [0.15, 0.2) is 47.2 Å². The van der Waals surface area contributed by atoms with Gasteiger partial charge in [0.15, 0.2) is 5.16 Å². The number of primary amides is 1. The molecule has 1 aromatic carbocycles. The summed E-state index contributed by atoms with van der Waals surface area (Å²) in [5.74, 6) is -0.766. The van der Waals surface area contributed by atoms with Crippen molar-refractivity contribution in [2.24, 2.45) is 5.73 Å². The Bertz CT molecular complexity index is 993. The topological polar surface area (TPSA) is 90.0 Å². The van der Waals surface area contributed by atoms with Crippen molar-refractivity contribution in [2.75, 3.05) is 5.32 Å². The van der Waals surface area contributed by atoms with Crippen LogP contribution in [0.1, 0.15) is 28.4 Å². The summed E-state index contributed by atoms with van der Waals surface area (Å²) in [4.78, 5) is 28.4. The van der Waals surface area contributed by atoms with Crippen LogP contribution in [-0.4, -0.2) is 26.6 Å². The molecular formula is C19H20N4O2S2. The maximum Gasteiger partial charge on any atom is 0.251 e. The quantitative estimate of drug-likeness (QED) is 0.616. The molecule has 27 heavy (non-hydrogen) atoms. The molecule has 3 rings (SSSR count). The highest BCUT2D eigenvalue weighted by molar-refractivity contribution is 8.00. The van der Waals surface area contributed by atoms with Crippen LogP contribution in [0.25, 0.3) is 5.69 Å². The summed E-state index contributed by atoms with van der Waals surface area (Å²) in [5.41, 5.74) is 9.05. The molecule has 0 aliphatic carbocycles. The average Bonchev–Trinajstić information content (AvgIpc) is 3.26. The van der Waals surface area contributed by atoms with Crippen molar-refractivity contribution in [1.82, 2.24) is 9.55 Å². The summed E-state index contributed by atoms with van der Waals surface area (Å²) in [6.07, 6.45) is 3.61. The van der Waals surface area contributed by atoms with Gasteiger partial charge in [-0.3, -0.25) is 14.2 Å². The normalized spacial score (nSPS) is 12.0. The molecule has 1 atom stereocenters. The largest absolute Gasteiger partial charge is 0.366 e. The van der Waals surface area contributed by atoms with Crippen molar-refractivity contribution < 1.29 is 9.59 Å². The number of aryl methyl sites for hydroxylation is 1. The third-order valence-corrected chi connectivity index (χ3v) is 6.17. The number of rotatable bonds is 6. The Morgan fingerprint density at radius 2 is 2.07 bits per heavy atom. The molecule has 2 heterocycles. The number of anilines is 1. The predicted octanol–water partition coefficient (Wildman–Crippen LogP) is 3.77. The van der Waals surface area contributed by atoms with Gasteiger partial charge in [0.05, 0.1) is 16.5 Å². The van der Waals surface area contributed by atoms with E-state index in [1.165, 1.54) is 34.2 Å². The number of aromatic nitrogens is 2. The third-order valence-electron chi connectivity index (χ3n) is 4.26. The maximum absolute atomic E-state index is 12.6. The van der Waals surface area contributed by atoms with Gasteiger partial charge < -0.3 is 11.1 Å². The van der Waals surface area contributed by atoms with Gasteiger partial charge in [-0.1, -0.05) is 23.9 Å². The van der Waals surface area contributed by atoms with Crippen LogP contribution in [0.4, 0.5) is 5.00 Å². The smallest absolute Gasteiger partial charge is 0.251 e. The first-order valence-corrected chi connectivity index (χ1v) is 10.1. The molecule has 0 radical (unpaired) electrons. The molecule has 0 spiro atoms. The average molecular weight is 401 g/mol. The SMILES string of the molecule is Cc1cccc(-n2ccnc2SC(C)C(=O)Nc2sccc2C(N)=O)c1C. The number of hydrogen-bond acceptors (Lipinski definition) is 5. The minimum Gasteiger partial charge on any atom is -0.366 e. The van der Waals surface area contributed by atoms with Gasteiger partial charge in [-0.25, -0.2) is 4.98 Å². The molecular weight excluding hydrogens is 380 g/mol. The molecule has 1 unspecified atom stereocenters. The second-order valence-corrected chi connectivity index (χ2v) is 8.30. The number of imidazole rings is 1. The molecule has 8 heteroatoms. The second kappa shape index (κ2) is 7.98. The van der Waals surface area contributed by atoms with Gasteiger partial charge in [0, 0.05) is 12.4 Å². The van der Waals surface area contributed by atoms with Gasteiger partial charge in [-0.15, -0.1) is 11.3 Å². The van der Waals surface area contributed by atoms with Crippen LogP contribution in [-0.2, 0) is 4.79 Å². The lowest BCUT2D eigenvalue weighted by Gasteiger charge is -2.15. The number of carbonyl (C=O) groups is 2. The van der Waals surface area contributed by atoms with E-state index in [4.69, 9.17) is 5.73 Å². The number of carbonyl (C=O) groups excluding carboxylic acids is 2. The van der Waals surface area contributed by atoms with E-state index in [-0.39, 0.29) is 5.91 Å². The number of thiophene rings is 1. The van der Waals surface area contributed by atoms with Gasteiger partial charge in [0.2, 0.25) is 5.91 Å². The van der Waals surface area contributed by atoms with E-state index in [0.717, 1.165) is 10.8 Å². The summed E-state index contributed by atoms with van der Waals surface area (Å²) in [6.45, 7) is 5.94. The number of hydrogen-bond donors (Lipinski definition) is 2.